The Kier molecular flexibility index (Phi) is 8.66. The number of rotatable bonds is 9. The summed E-state index contributed by atoms with van der Waals surface area (Å²) in [6.45, 7) is 5.21. The highest BCUT2D eigenvalue weighted by Gasteiger charge is 2.32. The first-order valence-corrected chi connectivity index (χ1v) is 11.8. The van der Waals surface area contributed by atoms with Crippen LogP contribution in [0, 0.1) is 17.7 Å². The van der Waals surface area contributed by atoms with Gasteiger partial charge in [0, 0.05) is 25.2 Å². The molecule has 12 heteroatoms. The van der Waals surface area contributed by atoms with Gasteiger partial charge in [0.25, 0.3) is 0 Å². The van der Waals surface area contributed by atoms with E-state index in [0.717, 1.165) is 32.2 Å². The van der Waals surface area contributed by atoms with Gasteiger partial charge in [0.1, 0.15) is 0 Å². The Morgan fingerprint density at radius 1 is 1.30 bits per heavy atom. The van der Waals surface area contributed by atoms with Crippen LogP contribution in [0.1, 0.15) is 46.0 Å². The molecule has 0 bridgehead atoms. The first-order valence-electron chi connectivity index (χ1n) is 11.4. The first-order chi connectivity index (χ1) is 15.7. The summed E-state index contributed by atoms with van der Waals surface area (Å²) in [4.78, 5) is 35.7. The Labute approximate surface area is 198 Å². The normalized spacial score (nSPS) is 22.8. The van der Waals surface area contributed by atoms with Crippen molar-refractivity contribution in [1.82, 2.24) is 25.4 Å². The van der Waals surface area contributed by atoms with Crippen molar-refractivity contribution in [3.63, 3.8) is 0 Å². The third-order valence-electron chi connectivity index (χ3n) is 6.95. The number of amides is 2. The van der Waals surface area contributed by atoms with Gasteiger partial charge in [-0.3, -0.25) is 30.5 Å². The molecule has 33 heavy (non-hydrogen) atoms. The van der Waals surface area contributed by atoms with E-state index >= 15 is 4.39 Å². The van der Waals surface area contributed by atoms with E-state index in [1.165, 1.54) is 0 Å². The average Bonchev–Trinajstić information content (AvgIpc) is 3.30. The van der Waals surface area contributed by atoms with Crippen molar-refractivity contribution in [2.45, 2.75) is 58.0 Å². The number of anilines is 2. The number of halogens is 2. The van der Waals surface area contributed by atoms with Crippen LogP contribution in [0.25, 0.3) is 0 Å². The van der Waals surface area contributed by atoms with Gasteiger partial charge in [0.15, 0.2) is 11.6 Å². The Hall–Kier alpha value is -2.24. The molecule has 0 aromatic carbocycles. The van der Waals surface area contributed by atoms with Crippen molar-refractivity contribution in [1.29, 1.82) is 0 Å². The fraction of sp³-hybridized carbons (Fsp3) is 0.714. The van der Waals surface area contributed by atoms with Crippen molar-refractivity contribution >= 4 is 35.6 Å². The number of aromatic nitrogens is 2. The highest BCUT2D eigenvalue weighted by Crippen LogP contribution is 2.31. The minimum atomic E-state index is -0.715. The van der Waals surface area contributed by atoms with Gasteiger partial charge >= 0.3 is 0 Å². The lowest BCUT2D eigenvalue weighted by molar-refractivity contribution is -0.154. The first kappa shape index (κ1) is 25.4. The Bertz CT molecular complexity index is 842. The maximum absolute atomic E-state index is 15.3. The molecule has 1 saturated heterocycles. The van der Waals surface area contributed by atoms with Gasteiger partial charge in [0.2, 0.25) is 23.4 Å². The minimum Gasteiger partial charge on any atom is -0.348 e. The van der Waals surface area contributed by atoms with Crippen molar-refractivity contribution in [3.8, 4) is 0 Å². The Morgan fingerprint density at radius 2 is 2.00 bits per heavy atom. The number of carbonyl (C=O) groups excluding carboxylic acids is 2. The molecular formula is C21H33ClFN7O3. The third kappa shape index (κ3) is 6.21. The molecule has 3 N–H and O–H groups in total. The fourth-order valence-electron chi connectivity index (χ4n) is 4.69. The molecule has 1 aliphatic carbocycles. The SMILES string of the molecule is CC1C(C)N(c2nc(Cl)nc(NNC(=O)C(CC3CCCC3)CN(O)C=O)c2F)CCN1C. The van der Waals surface area contributed by atoms with E-state index in [1.54, 1.807) is 0 Å². The van der Waals surface area contributed by atoms with Gasteiger partial charge < -0.3 is 4.90 Å². The molecule has 0 spiro atoms. The lowest BCUT2D eigenvalue weighted by atomic mass is 9.92. The summed E-state index contributed by atoms with van der Waals surface area (Å²) in [6.07, 6.45) is 4.99. The van der Waals surface area contributed by atoms with E-state index in [9.17, 15) is 14.8 Å². The van der Waals surface area contributed by atoms with Gasteiger partial charge in [-0.15, -0.1) is 0 Å². The zero-order valence-electron chi connectivity index (χ0n) is 19.3. The van der Waals surface area contributed by atoms with Crippen LogP contribution >= 0.6 is 11.6 Å². The number of nitrogens with zero attached hydrogens (tertiary/aromatic N) is 5. The molecule has 10 nitrogen and oxygen atoms in total. The van der Waals surface area contributed by atoms with E-state index < -0.39 is 17.6 Å². The van der Waals surface area contributed by atoms with Gasteiger partial charge in [-0.25, -0.2) is 5.06 Å². The van der Waals surface area contributed by atoms with Gasteiger partial charge in [-0.05, 0) is 44.8 Å². The second-order valence-electron chi connectivity index (χ2n) is 9.06. The quantitative estimate of drug-likeness (QED) is 0.211. The van der Waals surface area contributed by atoms with Crippen LogP contribution in [0.5, 0.6) is 0 Å². The fourth-order valence-corrected chi connectivity index (χ4v) is 4.85. The Balaban J connectivity index is 1.72. The molecule has 2 aliphatic rings. The van der Waals surface area contributed by atoms with E-state index in [0.29, 0.717) is 23.9 Å². The summed E-state index contributed by atoms with van der Waals surface area (Å²) in [5.74, 6) is -1.67. The molecule has 2 fully saturated rings. The molecule has 3 atom stereocenters. The van der Waals surface area contributed by atoms with E-state index in [-0.39, 0.29) is 42.0 Å². The highest BCUT2D eigenvalue weighted by atomic mass is 35.5. The minimum absolute atomic E-state index is 0.0127. The van der Waals surface area contributed by atoms with Crippen LogP contribution in [0.15, 0.2) is 0 Å². The molecule has 1 saturated carbocycles. The number of nitrogens with one attached hydrogen (secondary N) is 2. The predicted molar refractivity (Wildman–Crippen MR) is 122 cm³/mol. The van der Waals surface area contributed by atoms with Crippen LogP contribution in [0.2, 0.25) is 5.28 Å². The summed E-state index contributed by atoms with van der Waals surface area (Å²) in [5, 5.41) is 9.93. The molecule has 1 aromatic rings. The molecule has 3 rings (SSSR count). The monoisotopic (exact) mass is 485 g/mol. The number of likely N-dealkylation sites (N-methyl/N-ethyl adjacent to an activating group) is 1. The highest BCUT2D eigenvalue weighted by molar-refractivity contribution is 6.28. The van der Waals surface area contributed by atoms with Crippen LogP contribution in [0.4, 0.5) is 16.0 Å². The molecule has 0 radical (unpaired) electrons. The third-order valence-corrected chi connectivity index (χ3v) is 7.12. The maximum atomic E-state index is 15.3. The largest absolute Gasteiger partial charge is 0.348 e. The lowest BCUT2D eigenvalue weighted by Gasteiger charge is -2.44. The van der Waals surface area contributed by atoms with Crippen LogP contribution in [-0.4, -0.2) is 76.2 Å². The molecular weight excluding hydrogens is 453 g/mol. The number of hydrogen-bond donors (Lipinski definition) is 3. The van der Waals surface area contributed by atoms with Crippen molar-refractivity contribution in [3.05, 3.63) is 11.1 Å². The second-order valence-corrected chi connectivity index (χ2v) is 9.40. The summed E-state index contributed by atoms with van der Waals surface area (Å²) in [7, 11) is 2.02. The summed E-state index contributed by atoms with van der Waals surface area (Å²) in [6, 6.07) is 0.167. The summed E-state index contributed by atoms with van der Waals surface area (Å²) >= 11 is 6.08. The average molecular weight is 486 g/mol. The summed E-state index contributed by atoms with van der Waals surface area (Å²) < 4.78 is 15.3. The van der Waals surface area contributed by atoms with Crippen LogP contribution in [-0.2, 0) is 9.59 Å². The number of hydrazine groups is 1. The molecule has 2 heterocycles. The van der Waals surface area contributed by atoms with Crippen molar-refractivity contribution in [2.75, 3.05) is 37.0 Å². The van der Waals surface area contributed by atoms with Gasteiger partial charge in [-0.1, -0.05) is 25.7 Å². The zero-order valence-corrected chi connectivity index (χ0v) is 20.1. The van der Waals surface area contributed by atoms with Crippen LogP contribution < -0.4 is 15.8 Å². The van der Waals surface area contributed by atoms with E-state index in [1.807, 2.05) is 18.9 Å². The number of hydroxylamine groups is 2. The standard InChI is InChI=1S/C21H33ClFN7O3/c1-13-14(2)30(9-8-28(13)3)19-17(23)18(24-21(22)25-19)26-27-20(32)16(11-29(33)12-31)10-15-6-4-5-7-15/h12-16,33H,4-11H2,1-3H3,(H,27,32)(H,24,25,26). The maximum Gasteiger partial charge on any atom is 0.243 e. The Morgan fingerprint density at radius 3 is 2.67 bits per heavy atom. The van der Waals surface area contributed by atoms with Crippen molar-refractivity contribution in [2.24, 2.45) is 11.8 Å². The van der Waals surface area contributed by atoms with Crippen molar-refractivity contribution < 1.29 is 19.2 Å². The summed E-state index contributed by atoms with van der Waals surface area (Å²) in [5.41, 5.74) is 5.00. The molecule has 1 aliphatic heterocycles. The van der Waals surface area contributed by atoms with E-state index in [4.69, 9.17) is 11.6 Å². The lowest BCUT2D eigenvalue weighted by Crippen LogP contribution is -2.56. The number of piperazine rings is 1. The zero-order chi connectivity index (χ0) is 24.1. The van der Waals surface area contributed by atoms with Crippen LogP contribution in [0.3, 0.4) is 0 Å². The topological polar surface area (TPSA) is 114 Å². The molecule has 184 valence electrons. The van der Waals surface area contributed by atoms with Gasteiger partial charge in [0.05, 0.1) is 12.5 Å². The number of carbonyl (C=O) groups is 2. The smallest absolute Gasteiger partial charge is 0.243 e. The number of hydrogen-bond acceptors (Lipinski definition) is 8. The second kappa shape index (κ2) is 11.3. The molecule has 3 unspecified atom stereocenters. The molecule has 1 aromatic heterocycles. The molecule has 2 amide bonds. The van der Waals surface area contributed by atoms with E-state index in [2.05, 4.69) is 32.6 Å². The van der Waals surface area contributed by atoms with Gasteiger partial charge in [-0.2, -0.15) is 14.4 Å². The predicted octanol–water partition coefficient (Wildman–Crippen LogP) is 2.29.